The summed E-state index contributed by atoms with van der Waals surface area (Å²) in [6.07, 6.45) is 6.71. The van der Waals surface area contributed by atoms with Gasteiger partial charge in [-0.15, -0.1) is 0 Å². The van der Waals surface area contributed by atoms with Crippen LogP contribution in [0.3, 0.4) is 0 Å². The quantitative estimate of drug-likeness (QED) is 0.836. The third-order valence-corrected chi connectivity index (χ3v) is 4.78. The van der Waals surface area contributed by atoms with E-state index in [0.29, 0.717) is 11.5 Å². The molecule has 1 aromatic carbocycles. The van der Waals surface area contributed by atoms with Gasteiger partial charge in [-0.3, -0.25) is 0 Å². The highest BCUT2D eigenvalue weighted by atomic mass is 14.9. The van der Waals surface area contributed by atoms with Crippen LogP contribution < -0.4 is 5.32 Å². The van der Waals surface area contributed by atoms with Crippen LogP contribution in [0.2, 0.25) is 0 Å². The van der Waals surface area contributed by atoms with Gasteiger partial charge in [0.05, 0.1) is 0 Å². The molecule has 0 aliphatic heterocycles. The summed E-state index contributed by atoms with van der Waals surface area (Å²) >= 11 is 0. The van der Waals surface area contributed by atoms with Crippen molar-refractivity contribution in [3.05, 3.63) is 35.4 Å². The maximum absolute atomic E-state index is 3.85. The van der Waals surface area contributed by atoms with Gasteiger partial charge >= 0.3 is 0 Å². The van der Waals surface area contributed by atoms with Gasteiger partial charge in [0.2, 0.25) is 0 Å². The first-order valence-electron chi connectivity index (χ1n) is 8.26. The van der Waals surface area contributed by atoms with Gasteiger partial charge in [0, 0.05) is 6.04 Å². The minimum atomic E-state index is 0.432. The fourth-order valence-corrected chi connectivity index (χ4v) is 3.68. The third-order valence-electron chi connectivity index (χ3n) is 4.78. The number of rotatable bonds is 4. The Kier molecular flexibility index (Phi) is 5.26. The van der Waals surface area contributed by atoms with Crippen LogP contribution in [0.4, 0.5) is 0 Å². The molecule has 112 valence electrons. The lowest BCUT2D eigenvalue weighted by Crippen LogP contribution is -2.44. The molecular weight excluding hydrogens is 242 g/mol. The minimum absolute atomic E-state index is 0.432. The second-order valence-electron chi connectivity index (χ2n) is 7.56. The zero-order valence-corrected chi connectivity index (χ0v) is 13.7. The third kappa shape index (κ3) is 4.34. The van der Waals surface area contributed by atoms with Crippen molar-refractivity contribution in [3.63, 3.8) is 0 Å². The molecule has 1 aromatic rings. The Balaban J connectivity index is 1.85. The monoisotopic (exact) mass is 273 g/mol. The summed E-state index contributed by atoms with van der Waals surface area (Å²) in [6.45, 7) is 10.5. The second kappa shape index (κ2) is 6.76. The Morgan fingerprint density at radius 2 is 1.90 bits per heavy atom. The smallest absolute Gasteiger partial charge is 0.0100 e. The molecule has 0 amide bonds. The van der Waals surface area contributed by atoms with Gasteiger partial charge in [-0.05, 0) is 49.6 Å². The van der Waals surface area contributed by atoms with Gasteiger partial charge in [-0.25, -0.2) is 0 Å². The van der Waals surface area contributed by atoms with Crippen LogP contribution in [0.1, 0.15) is 57.6 Å². The van der Waals surface area contributed by atoms with Gasteiger partial charge in [-0.2, -0.15) is 0 Å². The largest absolute Gasteiger partial charge is 0.313 e. The van der Waals surface area contributed by atoms with Crippen molar-refractivity contribution in [2.75, 3.05) is 6.54 Å². The minimum Gasteiger partial charge on any atom is -0.313 e. The van der Waals surface area contributed by atoms with Crippen molar-refractivity contribution in [1.82, 2.24) is 5.32 Å². The van der Waals surface area contributed by atoms with Crippen LogP contribution in [0.5, 0.6) is 0 Å². The molecule has 1 saturated carbocycles. The van der Waals surface area contributed by atoms with Crippen LogP contribution in [-0.2, 0) is 6.42 Å². The van der Waals surface area contributed by atoms with Crippen LogP contribution in [0.15, 0.2) is 24.3 Å². The number of benzene rings is 1. The van der Waals surface area contributed by atoms with E-state index in [1.807, 2.05) is 0 Å². The molecule has 0 aromatic heterocycles. The van der Waals surface area contributed by atoms with E-state index in [-0.39, 0.29) is 0 Å². The highest BCUT2D eigenvalue weighted by Gasteiger charge is 2.33. The molecule has 1 heteroatoms. The Morgan fingerprint density at radius 3 is 2.60 bits per heavy atom. The highest BCUT2D eigenvalue weighted by Crippen LogP contribution is 2.37. The first-order valence-corrected chi connectivity index (χ1v) is 8.26. The molecule has 2 rings (SSSR count). The normalized spacial score (nSPS) is 23.8. The summed E-state index contributed by atoms with van der Waals surface area (Å²) in [5.41, 5.74) is 3.26. The predicted octanol–water partition coefficient (Wildman–Crippen LogP) is 4.73. The van der Waals surface area contributed by atoms with E-state index in [9.17, 15) is 0 Å². The fourth-order valence-electron chi connectivity index (χ4n) is 3.68. The summed E-state index contributed by atoms with van der Waals surface area (Å²) in [6, 6.07) is 9.62. The Bertz CT molecular complexity index is 416. The summed E-state index contributed by atoms with van der Waals surface area (Å²) in [4.78, 5) is 0. The van der Waals surface area contributed by atoms with Crippen molar-refractivity contribution in [1.29, 1.82) is 0 Å². The number of hydrogen-bond donors (Lipinski definition) is 1. The van der Waals surface area contributed by atoms with Crippen molar-refractivity contribution in [3.8, 4) is 0 Å². The standard InChI is InChI=1S/C19H31N/c1-15-8-7-9-16(14-15)12-13-20-18-11-6-5-10-17(18)19(2,3)4/h7-9,14,17-18,20H,5-6,10-13H2,1-4H3. The van der Waals surface area contributed by atoms with Gasteiger partial charge < -0.3 is 5.32 Å². The summed E-state index contributed by atoms with van der Waals surface area (Å²) in [7, 11) is 0. The maximum Gasteiger partial charge on any atom is 0.0100 e. The molecule has 0 bridgehead atoms. The molecule has 1 N–H and O–H groups in total. The molecule has 0 saturated heterocycles. The molecule has 20 heavy (non-hydrogen) atoms. The fraction of sp³-hybridized carbons (Fsp3) is 0.684. The number of nitrogens with one attached hydrogen (secondary N) is 1. The van der Waals surface area contributed by atoms with Gasteiger partial charge in [0.25, 0.3) is 0 Å². The average Bonchev–Trinajstić information content (AvgIpc) is 2.38. The maximum atomic E-state index is 3.85. The zero-order chi connectivity index (χ0) is 14.6. The molecule has 1 aliphatic carbocycles. The Hall–Kier alpha value is -0.820. The summed E-state index contributed by atoms with van der Waals surface area (Å²) < 4.78 is 0. The molecule has 2 unspecified atom stereocenters. The zero-order valence-electron chi connectivity index (χ0n) is 13.7. The molecule has 1 nitrogen and oxygen atoms in total. The van der Waals surface area contributed by atoms with Crippen LogP contribution in [0.25, 0.3) is 0 Å². The van der Waals surface area contributed by atoms with Crippen molar-refractivity contribution in [2.24, 2.45) is 11.3 Å². The van der Waals surface area contributed by atoms with E-state index in [4.69, 9.17) is 0 Å². The summed E-state index contributed by atoms with van der Waals surface area (Å²) in [5, 5.41) is 3.85. The van der Waals surface area contributed by atoms with Gasteiger partial charge in [-0.1, -0.05) is 63.4 Å². The van der Waals surface area contributed by atoms with E-state index in [2.05, 4.69) is 57.3 Å². The molecule has 2 atom stereocenters. The topological polar surface area (TPSA) is 12.0 Å². The van der Waals surface area contributed by atoms with Crippen molar-refractivity contribution in [2.45, 2.75) is 65.8 Å². The Labute approximate surface area is 125 Å². The van der Waals surface area contributed by atoms with Crippen molar-refractivity contribution < 1.29 is 0 Å². The van der Waals surface area contributed by atoms with Crippen molar-refractivity contribution >= 4 is 0 Å². The first kappa shape index (κ1) is 15.6. The van der Waals surface area contributed by atoms with Crippen LogP contribution >= 0.6 is 0 Å². The molecule has 0 spiro atoms. The molecule has 1 aliphatic rings. The van der Waals surface area contributed by atoms with E-state index in [0.717, 1.165) is 18.9 Å². The van der Waals surface area contributed by atoms with Crippen LogP contribution in [0, 0.1) is 18.3 Å². The van der Waals surface area contributed by atoms with E-state index in [1.54, 1.807) is 0 Å². The SMILES string of the molecule is Cc1cccc(CCNC2CCCCC2C(C)(C)C)c1. The second-order valence-corrected chi connectivity index (χ2v) is 7.56. The lowest BCUT2D eigenvalue weighted by molar-refractivity contribution is 0.131. The van der Waals surface area contributed by atoms with Gasteiger partial charge in [0.1, 0.15) is 0 Å². The first-order chi connectivity index (χ1) is 9.47. The lowest BCUT2D eigenvalue weighted by atomic mass is 9.69. The highest BCUT2D eigenvalue weighted by molar-refractivity contribution is 5.22. The van der Waals surface area contributed by atoms with E-state index in [1.165, 1.54) is 36.8 Å². The molecule has 0 heterocycles. The predicted molar refractivity (Wildman–Crippen MR) is 88.1 cm³/mol. The van der Waals surface area contributed by atoms with Gasteiger partial charge in [0.15, 0.2) is 0 Å². The molecular formula is C19H31N. The number of hydrogen-bond acceptors (Lipinski definition) is 1. The average molecular weight is 273 g/mol. The molecule has 0 radical (unpaired) electrons. The number of aryl methyl sites for hydroxylation is 1. The Morgan fingerprint density at radius 1 is 1.15 bits per heavy atom. The van der Waals surface area contributed by atoms with E-state index < -0.39 is 0 Å². The van der Waals surface area contributed by atoms with Crippen LogP contribution in [-0.4, -0.2) is 12.6 Å². The van der Waals surface area contributed by atoms with E-state index >= 15 is 0 Å². The summed E-state index contributed by atoms with van der Waals surface area (Å²) in [5.74, 6) is 0.828. The molecule has 1 fully saturated rings. The lowest BCUT2D eigenvalue weighted by Gasteiger charge is -2.41.